The van der Waals surface area contributed by atoms with Crippen LogP contribution in [-0.2, 0) is 6.18 Å². The Kier molecular flexibility index (Phi) is 3.30. The highest BCUT2D eigenvalue weighted by Crippen LogP contribution is 2.38. The van der Waals surface area contributed by atoms with Crippen molar-refractivity contribution in [2.24, 2.45) is 0 Å². The van der Waals surface area contributed by atoms with Crippen LogP contribution < -0.4 is 5.73 Å². The molecule has 0 saturated heterocycles. The van der Waals surface area contributed by atoms with Gasteiger partial charge in [-0.25, -0.2) is 0 Å². The van der Waals surface area contributed by atoms with Crippen molar-refractivity contribution >= 4 is 38.5 Å². The number of anilines is 1. The number of benzene rings is 1. The van der Waals surface area contributed by atoms with Crippen LogP contribution in [0.25, 0.3) is 0 Å². The summed E-state index contributed by atoms with van der Waals surface area (Å²) >= 11 is 8.02. The number of hydrogen-bond donors (Lipinski definition) is 1. The molecule has 0 aromatic heterocycles. The Morgan fingerprint density at radius 3 is 2.33 bits per heavy atom. The topological polar surface area (TPSA) is 43.1 Å². The number of rotatable bonds is 1. The Morgan fingerprint density at radius 1 is 1.40 bits per heavy atom. The average Bonchev–Trinajstić information content (AvgIpc) is 2.00. The number of nitrogens with two attached hydrogens (primary N) is 1. The molecule has 0 aliphatic carbocycles. The lowest BCUT2D eigenvalue weighted by atomic mass is 10.1. The first kappa shape index (κ1) is 12.3. The van der Waals surface area contributed by atoms with Crippen LogP contribution in [0.1, 0.15) is 15.9 Å². The second-order valence-corrected chi connectivity index (χ2v) is 3.85. The van der Waals surface area contributed by atoms with Crippen LogP contribution in [0.3, 0.4) is 0 Å². The van der Waals surface area contributed by atoms with Crippen molar-refractivity contribution in [1.29, 1.82) is 0 Å². The van der Waals surface area contributed by atoms with E-state index < -0.39 is 22.7 Å². The Bertz CT molecular complexity index is 419. The Hall–Kier alpha value is -0.750. The van der Waals surface area contributed by atoms with E-state index in [0.717, 1.165) is 12.1 Å². The van der Waals surface area contributed by atoms with Crippen LogP contribution >= 0.6 is 27.5 Å². The Labute approximate surface area is 96.3 Å². The van der Waals surface area contributed by atoms with Crippen LogP contribution in [0.15, 0.2) is 16.6 Å². The highest BCUT2D eigenvalue weighted by Gasteiger charge is 2.34. The zero-order valence-corrected chi connectivity index (χ0v) is 9.37. The second kappa shape index (κ2) is 4.02. The summed E-state index contributed by atoms with van der Waals surface area (Å²) in [7, 11) is 0. The molecule has 15 heavy (non-hydrogen) atoms. The van der Waals surface area contributed by atoms with Gasteiger partial charge in [0.05, 0.1) is 16.8 Å². The van der Waals surface area contributed by atoms with Crippen molar-refractivity contribution in [3.8, 4) is 0 Å². The van der Waals surface area contributed by atoms with Crippen molar-refractivity contribution in [3.63, 3.8) is 0 Å². The van der Waals surface area contributed by atoms with E-state index in [-0.39, 0.29) is 10.0 Å². The third kappa shape index (κ3) is 2.43. The molecule has 0 bridgehead atoms. The molecule has 0 unspecified atom stereocenters. The van der Waals surface area contributed by atoms with Gasteiger partial charge < -0.3 is 5.73 Å². The summed E-state index contributed by atoms with van der Waals surface area (Å²) in [5.74, 6) is 0. The van der Waals surface area contributed by atoms with E-state index in [9.17, 15) is 18.0 Å². The zero-order valence-electron chi connectivity index (χ0n) is 7.03. The lowest BCUT2D eigenvalue weighted by molar-refractivity contribution is -0.136. The monoisotopic (exact) mass is 301 g/mol. The van der Waals surface area contributed by atoms with Crippen LogP contribution in [-0.4, -0.2) is 5.24 Å². The minimum absolute atomic E-state index is 0.132. The van der Waals surface area contributed by atoms with Gasteiger partial charge in [0, 0.05) is 4.47 Å². The quantitative estimate of drug-likeness (QED) is 0.638. The molecule has 1 aromatic carbocycles. The molecule has 2 N–H and O–H groups in total. The molecule has 0 saturated carbocycles. The standard InChI is InChI=1S/C8H4BrClF3NO/c9-4-2-1-3(8(11,12)13)6(14)5(4)7(10)15/h1-2H,14H2. The van der Waals surface area contributed by atoms with E-state index in [4.69, 9.17) is 17.3 Å². The normalized spacial score (nSPS) is 11.5. The summed E-state index contributed by atoms with van der Waals surface area (Å²) in [5, 5.41) is -1.04. The maximum absolute atomic E-state index is 12.4. The van der Waals surface area contributed by atoms with Crippen LogP contribution in [0, 0.1) is 0 Å². The van der Waals surface area contributed by atoms with Gasteiger partial charge in [0.15, 0.2) is 0 Å². The fraction of sp³-hybridized carbons (Fsp3) is 0.125. The van der Waals surface area contributed by atoms with Crippen LogP contribution in [0.5, 0.6) is 0 Å². The molecule has 1 aromatic rings. The van der Waals surface area contributed by atoms with Gasteiger partial charge >= 0.3 is 6.18 Å². The van der Waals surface area contributed by atoms with Crippen LogP contribution in [0.4, 0.5) is 18.9 Å². The van der Waals surface area contributed by atoms with E-state index in [1.165, 1.54) is 0 Å². The third-order valence-corrected chi connectivity index (χ3v) is 2.55. The van der Waals surface area contributed by atoms with E-state index in [2.05, 4.69) is 15.9 Å². The summed E-state index contributed by atoms with van der Waals surface area (Å²) in [6.45, 7) is 0. The first-order valence-corrected chi connectivity index (χ1v) is 4.77. The van der Waals surface area contributed by atoms with Crippen molar-refractivity contribution in [2.45, 2.75) is 6.18 Å². The van der Waals surface area contributed by atoms with Gasteiger partial charge in [-0.1, -0.05) is 0 Å². The molecule has 0 aliphatic heterocycles. The number of halogens is 5. The van der Waals surface area contributed by atoms with Gasteiger partial charge in [-0.3, -0.25) is 4.79 Å². The first-order chi connectivity index (χ1) is 6.75. The smallest absolute Gasteiger partial charge is 0.398 e. The minimum Gasteiger partial charge on any atom is -0.398 e. The van der Waals surface area contributed by atoms with Crippen molar-refractivity contribution in [2.75, 3.05) is 5.73 Å². The van der Waals surface area contributed by atoms with E-state index in [0.29, 0.717) is 0 Å². The zero-order chi connectivity index (χ0) is 11.8. The van der Waals surface area contributed by atoms with E-state index in [1.807, 2.05) is 0 Å². The number of carbonyl (C=O) groups is 1. The fourth-order valence-corrected chi connectivity index (χ4v) is 1.88. The predicted octanol–water partition coefficient (Wildman–Crippen LogP) is 3.43. The highest BCUT2D eigenvalue weighted by molar-refractivity contribution is 9.10. The largest absolute Gasteiger partial charge is 0.418 e. The van der Waals surface area contributed by atoms with Gasteiger partial charge in [-0.05, 0) is 39.7 Å². The fourth-order valence-electron chi connectivity index (χ4n) is 1.04. The molecule has 0 atom stereocenters. The summed E-state index contributed by atoms with van der Waals surface area (Å²) < 4.78 is 37.3. The summed E-state index contributed by atoms with van der Waals surface area (Å²) in [5.41, 5.74) is 3.10. The number of nitrogen functional groups attached to an aromatic ring is 1. The predicted molar refractivity (Wildman–Crippen MR) is 53.7 cm³/mol. The molecular formula is C8H4BrClF3NO. The minimum atomic E-state index is -4.61. The number of carbonyl (C=O) groups excluding carboxylic acids is 1. The molecule has 0 aliphatic rings. The van der Waals surface area contributed by atoms with Crippen molar-refractivity contribution in [1.82, 2.24) is 0 Å². The van der Waals surface area contributed by atoms with Gasteiger partial charge in [-0.15, -0.1) is 0 Å². The maximum Gasteiger partial charge on any atom is 0.418 e. The molecule has 0 radical (unpaired) electrons. The number of alkyl halides is 3. The molecule has 0 fully saturated rings. The molecule has 0 amide bonds. The Balaban J connectivity index is 3.49. The highest BCUT2D eigenvalue weighted by atomic mass is 79.9. The van der Waals surface area contributed by atoms with Crippen molar-refractivity contribution in [3.05, 3.63) is 27.7 Å². The van der Waals surface area contributed by atoms with Gasteiger partial charge in [0.2, 0.25) is 0 Å². The molecule has 1 rings (SSSR count). The molecule has 0 heterocycles. The van der Waals surface area contributed by atoms with Gasteiger partial charge in [-0.2, -0.15) is 13.2 Å². The first-order valence-electron chi connectivity index (χ1n) is 3.60. The lowest BCUT2D eigenvalue weighted by Gasteiger charge is -2.12. The summed E-state index contributed by atoms with van der Waals surface area (Å²) in [6, 6.07) is 1.86. The summed E-state index contributed by atoms with van der Waals surface area (Å²) in [4.78, 5) is 10.9. The SMILES string of the molecule is Nc1c(C(F)(F)F)ccc(Br)c1C(=O)Cl. The molecular weight excluding hydrogens is 298 g/mol. The summed E-state index contributed by atoms with van der Waals surface area (Å²) in [6.07, 6.45) is -4.61. The maximum atomic E-state index is 12.4. The average molecular weight is 302 g/mol. The molecule has 7 heteroatoms. The molecule has 82 valence electrons. The van der Waals surface area contributed by atoms with Gasteiger partial charge in [0.25, 0.3) is 5.24 Å². The van der Waals surface area contributed by atoms with Gasteiger partial charge in [0.1, 0.15) is 0 Å². The molecule has 2 nitrogen and oxygen atoms in total. The van der Waals surface area contributed by atoms with Crippen molar-refractivity contribution < 1.29 is 18.0 Å². The number of hydrogen-bond acceptors (Lipinski definition) is 2. The Morgan fingerprint density at radius 2 is 1.93 bits per heavy atom. The van der Waals surface area contributed by atoms with E-state index >= 15 is 0 Å². The van der Waals surface area contributed by atoms with E-state index in [1.54, 1.807) is 0 Å². The van der Waals surface area contributed by atoms with Crippen LogP contribution in [0.2, 0.25) is 0 Å². The third-order valence-electron chi connectivity index (χ3n) is 1.70. The molecule has 0 spiro atoms. The lowest BCUT2D eigenvalue weighted by Crippen LogP contribution is -2.12. The second-order valence-electron chi connectivity index (χ2n) is 2.66.